The Morgan fingerprint density at radius 3 is 2.33 bits per heavy atom. The molecule has 2 N–H and O–H groups in total. The van der Waals surface area contributed by atoms with Crippen molar-refractivity contribution in [2.24, 2.45) is 0 Å². The molecule has 0 aliphatic carbocycles. The minimum absolute atomic E-state index is 0.121. The summed E-state index contributed by atoms with van der Waals surface area (Å²) in [6.45, 7) is 0.536. The largest absolute Gasteiger partial charge is 0.389 e. The first kappa shape index (κ1) is 16.5. The van der Waals surface area contributed by atoms with Gasteiger partial charge in [0.1, 0.15) is 0 Å². The summed E-state index contributed by atoms with van der Waals surface area (Å²) in [6.07, 6.45) is -0.513. The molecule has 0 fully saturated rings. The molecule has 3 rings (SSSR count). The highest BCUT2D eigenvalue weighted by Gasteiger charge is 2.26. The van der Waals surface area contributed by atoms with Crippen molar-refractivity contribution in [3.63, 3.8) is 0 Å². The van der Waals surface area contributed by atoms with E-state index < -0.39 is 6.10 Å². The number of nitrogens with one attached hydrogen (secondary N) is 1. The van der Waals surface area contributed by atoms with Crippen LogP contribution in [0, 0.1) is 0 Å². The number of rotatable bonds is 6. The van der Waals surface area contributed by atoms with Crippen molar-refractivity contribution in [1.29, 1.82) is 0 Å². The number of aliphatic hydroxyl groups is 1. The zero-order valence-corrected chi connectivity index (χ0v) is 14.2. The van der Waals surface area contributed by atoms with E-state index in [0.717, 1.165) is 11.3 Å². The van der Waals surface area contributed by atoms with E-state index in [-0.39, 0.29) is 6.04 Å². The molecular weight excluding hydrogens is 296 g/mol. The molecule has 0 saturated heterocycles. The summed E-state index contributed by atoms with van der Waals surface area (Å²) in [5.74, 6) is 0. The van der Waals surface area contributed by atoms with Crippen LogP contribution in [0.3, 0.4) is 0 Å². The zero-order chi connectivity index (χ0) is 16.9. The van der Waals surface area contributed by atoms with Crippen molar-refractivity contribution in [2.75, 3.05) is 25.5 Å². The van der Waals surface area contributed by atoms with Crippen molar-refractivity contribution in [3.05, 3.63) is 78.4 Å². The van der Waals surface area contributed by atoms with Gasteiger partial charge in [-0.1, -0.05) is 66.7 Å². The fourth-order valence-electron chi connectivity index (χ4n) is 3.34. The Hall–Kier alpha value is -2.36. The lowest BCUT2D eigenvalue weighted by Crippen LogP contribution is -2.39. The van der Waals surface area contributed by atoms with Gasteiger partial charge in [0.05, 0.1) is 12.1 Å². The number of nitrogens with zero attached hydrogens (tertiary/aromatic N) is 1. The lowest BCUT2D eigenvalue weighted by molar-refractivity contribution is 0.142. The highest BCUT2D eigenvalue weighted by Crippen LogP contribution is 2.33. The zero-order valence-electron chi connectivity index (χ0n) is 14.2. The van der Waals surface area contributed by atoms with Crippen molar-refractivity contribution in [2.45, 2.75) is 12.1 Å². The minimum Gasteiger partial charge on any atom is -0.389 e. The summed E-state index contributed by atoms with van der Waals surface area (Å²) in [5, 5.41) is 16.2. The second-order valence-corrected chi connectivity index (χ2v) is 6.09. The van der Waals surface area contributed by atoms with Gasteiger partial charge >= 0.3 is 0 Å². The Balaban J connectivity index is 2.06. The molecule has 0 radical (unpaired) electrons. The summed E-state index contributed by atoms with van der Waals surface area (Å²) in [7, 11) is 3.92. The summed E-state index contributed by atoms with van der Waals surface area (Å²) in [4.78, 5) is 2.18. The van der Waals surface area contributed by atoms with E-state index in [0.29, 0.717) is 6.54 Å². The number of hydrogen-bond donors (Lipinski definition) is 2. The second kappa shape index (κ2) is 7.47. The molecule has 3 aromatic carbocycles. The normalized spacial score (nSPS) is 13.6. The number of aliphatic hydroxyl groups excluding tert-OH is 1. The number of benzene rings is 3. The summed E-state index contributed by atoms with van der Waals surface area (Å²) < 4.78 is 0. The van der Waals surface area contributed by atoms with Crippen molar-refractivity contribution >= 4 is 16.5 Å². The smallest absolute Gasteiger partial charge is 0.0909 e. The Kier molecular flexibility index (Phi) is 5.14. The van der Waals surface area contributed by atoms with E-state index in [1.807, 2.05) is 25.2 Å². The molecule has 0 aliphatic heterocycles. The molecule has 124 valence electrons. The Morgan fingerprint density at radius 1 is 0.917 bits per heavy atom. The van der Waals surface area contributed by atoms with Gasteiger partial charge in [-0.3, -0.25) is 0 Å². The van der Waals surface area contributed by atoms with Gasteiger partial charge in [0, 0.05) is 24.7 Å². The lowest BCUT2D eigenvalue weighted by Gasteiger charge is -2.34. The van der Waals surface area contributed by atoms with Crippen molar-refractivity contribution in [1.82, 2.24) is 5.32 Å². The van der Waals surface area contributed by atoms with Gasteiger partial charge in [-0.15, -0.1) is 0 Å². The monoisotopic (exact) mass is 320 g/mol. The van der Waals surface area contributed by atoms with E-state index in [2.05, 4.69) is 71.9 Å². The van der Waals surface area contributed by atoms with Gasteiger partial charge in [-0.25, -0.2) is 0 Å². The predicted molar refractivity (Wildman–Crippen MR) is 101 cm³/mol. The summed E-state index contributed by atoms with van der Waals surface area (Å²) >= 11 is 0. The molecule has 0 heterocycles. The molecular formula is C21H24N2O. The Bertz CT molecular complexity index is 783. The molecule has 3 nitrogen and oxygen atoms in total. The highest BCUT2D eigenvalue weighted by molar-refractivity contribution is 5.94. The number of likely N-dealkylation sites (N-methyl/N-ethyl adjacent to an activating group) is 2. The molecule has 24 heavy (non-hydrogen) atoms. The Morgan fingerprint density at radius 2 is 1.58 bits per heavy atom. The quantitative estimate of drug-likeness (QED) is 0.728. The summed E-state index contributed by atoms with van der Waals surface area (Å²) in [5.41, 5.74) is 2.23. The molecule has 0 amide bonds. The summed E-state index contributed by atoms with van der Waals surface area (Å²) in [6, 6.07) is 24.7. The molecule has 3 heteroatoms. The highest BCUT2D eigenvalue weighted by atomic mass is 16.3. The fourth-order valence-corrected chi connectivity index (χ4v) is 3.34. The van der Waals surface area contributed by atoms with Gasteiger partial charge in [0.25, 0.3) is 0 Å². The van der Waals surface area contributed by atoms with Crippen molar-refractivity contribution < 1.29 is 5.11 Å². The third-order valence-corrected chi connectivity index (χ3v) is 4.48. The van der Waals surface area contributed by atoms with Gasteiger partial charge in [0.2, 0.25) is 0 Å². The molecule has 0 saturated carbocycles. The fraction of sp³-hybridized carbons (Fsp3) is 0.238. The molecule has 0 spiro atoms. The first-order chi connectivity index (χ1) is 11.7. The van der Waals surface area contributed by atoms with Gasteiger partial charge in [0.15, 0.2) is 0 Å². The van der Waals surface area contributed by atoms with E-state index in [9.17, 15) is 5.11 Å². The maximum atomic E-state index is 10.8. The van der Waals surface area contributed by atoms with Crippen LogP contribution in [0.1, 0.15) is 11.6 Å². The van der Waals surface area contributed by atoms with Gasteiger partial charge in [-0.05, 0) is 24.1 Å². The van der Waals surface area contributed by atoms with Gasteiger partial charge in [-0.2, -0.15) is 0 Å². The van der Waals surface area contributed by atoms with E-state index in [1.165, 1.54) is 10.8 Å². The van der Waals surface area contributed by atoms with E-state index in [4.69, 9.17) is 0 Å². The van der Waals surface area contributed by atoms with Crippen LogP contribution >= 0.6 is 0 Å². The molecule has 0 bridgehead atoms. The topological polar surface area (TPSA) is 35.5 Å². The number of fused-ring (bicyclic) bond motifs is 1. The van der Waals surface area contributed by atoms with Crippen LogP contribution in [0.4, 0.5) is 5.69 Å². The molecule has 0 aromatic heterocycles. The van der Waals surface area contributed by atoms with Crippen LogP contribution in [-0.4, -0.2) is 31.9 Å². The third kappa shape index (κ3) is 3.28. The van der Waals surface area contributed by atoms with Crippen LogP contribution < -0.4 is 10.2 Å². The average Bonchev–Trinajstić information content (AvgIpc) is 2.62. The number of hydrogen-bond acceptors (Lipinski definition) is 3. The standard InChI is InChI=1S/C21H24N2O/c1-22-15-20(24)21(17-10-4-3-5-11-17)23(2)19-14-8-12-16-9-6-7-13-18(16)19/h3-14,20-22,24H,15H2,1-2H3. The van der Waals surface area contributed by atoms with Crippen LogP contribution in [-0.2, 0) is 0 Å². The van der Waals surface area contributed by atoms with Gasteiger partial charge < -0.3 is 15.3 Å². The van der Waals surface area contributed by atoms with E-state index in [1.54, 1.807) is 0 Å². The van der Waals surface area contributed by atoms with E-state index >= 15 is 0 Å². The SMILES string of the molecule is CNCC(O)C(c1ccccc1)N(C)c1cccc2ccccc12. The van der Waals surface area contributed by atoms with Crippen LogP contribution in [0.2, 0.25) is 0 Å². The second-order valence-electron chi connectivity index (χ2n) is 6.09. The first-order valence-electron chi connectivity index (χ1n) is 8.30. The minimum atomic E-state index is -0.513. The lowest BCUT2D eigenvalue weighted by atomic mass is 9.98. The molecule has 3 aromatic rings. The maximum Gasteiger partial charge on any atom is 0.0909 e. The average molecular weight is 320 g/mol. The molecule has 0 aliphatic rings. The molecule has 2 atom stereocenters. The molecule has 2 unspecified atom stereocenters. The first-order valence-corrected chi connectivity index (χ1v) is 8.30. The van der Waals surface area contributed by atoms with Crippen molar-refractivity contribution in [3.8, 4) is 0 Å². The van der Waals surface area contributed by atoms with Crippen LogP contribution in [0.15, 0.2) is 72.8 Å². The Labute approximate surface area is 143 Å². The predicted octanol–water partition coefficient (Wildman–Crippen LogP) is 3.60. The van der Waals surface area contributed by atoms with Crippen LogP contribution in [0.25, 0.3) is 10.8 Å². The maximum absolute atomic E-state index is 10.8. The third-order valence-electron chi connectivity index (χ3n) is 4.48. The van der Waals surface area contributed by atoms with Crippen LogP contribution in [0.5, 0.6) is 0 Å². The number of anilines is 1.